The van der Waals surface area contributed by atoms with E-state index in [0.29, 0.717) is 16.8 Å². The number of aromatic hydroxyl groups is 1. The number of hydrogen-bond donors (Lipinski definition) is 3. The summed E-state index contributed by atoms with van der Waals surface area (Å²) in [5.74, 6) is 1.90. The van der Waals surface area contributed by atoms with E-state index in [1.807, 2.05) is 6.07 Å². The highest BCUT2D eigenvalue weighted by Gasteiger charge is 2.18. The van der Waals surface area contributed by atoms with Crippen LogP contribution in [-0.4, -0.2) is 54.0 Å². The number of hydrogen-bond acceptors (Lipinski definition) is 7. The molecule has 34 heavy (non-hydrogen) atoms. The molecule has 3 aromatic rings. The molecule has 0 unspecified atom stereocenters. The summed E-state index contributed by atoms with van der Waals surface area (Å²) < 4.78 is 5.62. The number of nitrogens with zero attached hydrogens (tertiary/aromatic N) is 3. The maximum atomic E-state index is 9.87. The van der Waals surface area contributed by atoms with Gasteiger partial charge in [-0.1, -0.05) is 19.5 Å². The summed E-state index contributed by atoms with van der Waals surface area (Å²) in [7, 11) is 3.34. The Morgan fingerprint density at radius 1 is 1.09 bits per heavy atom. The minimum atomic E-state index is -0.446. The SMILES string of the molecule is COc1cc2c(cc1Nc1ncc(Cl)c(Nc3ccc(O)cc3P(C)C)n1)CN(C)CC2.Cl.Cl. The summed E-state index contributed by atoms with van der Waals surface area (Å²) in [5, 5.41) is 17.9. The van der Waals surface area contributed by atoms with Crippen LogP contribution in [0.2, 0.25) is 5.02 Å². The van der Waals surface area contributed by atoms with Crippen molar-refractivity contribution in [2.75, 3.05) is 44.7 Å². The standard InChI is InChI=1S/C23H27ClN5O2P.2ClH/c1-29-8-7-14-10-20(31-2)19(9-15(14)13-29)27-23-25-12-17(24)22(28-23)26-18-6-5-16(30)11-21(18)32(3)4;;/h5-6,9-12,30H,7-8,13H2,1-4H3,(H2,25,26,27,28);2*1H. The van der Waals surface area contributed by atoms with Gasteiger partial charge in [-0.25, -0.2) is 4.98 Å². The van der Waals surface area contributed by atoms with Crippen LogP contribution in [-0.2, 0) is 13.0 Å². The number of phenols is 1. The highest BCUT2D eigenvalue weighted by molar-refractivity contribution is 7.64. The number of nitrogens with one attached hydrogen (secondary N) is 2. The van der Waals surface area contributed by atoms with E-state index < -0.39 is 7.92 Å². The van der Waals surface area contributed by atoms with E-state index in [0.717, 1.165) is 41.9 Å². The molecule has 1 aromatic heterocycles. The van der Waals surface area contributed by atoms with E-state index in [1.165, 1.54) is 11.1 Å². The topological polar surface area (TPSA) is 82.5 Å². The van der Waals surface area contributed by atoms with E-state index in [9.17, 15) is 5.11 Å². The van der Waals surface area contributed by atoms with Gasteiger partial charge in [-0.2, -0.15) is 4.98 Å². The summed E-state index contributed by atoms with van der Waals surface area (Å²) in [6.07, 6.45) is 2.57. The summed E-state index contributed by atoms with van der Waals surface area (Å²) in [6.45, 7) is 6.19. The minimum absolute atomic E-state index is 0. The van der Waals surface area contributed by atoms with Gasteiger partial charge in [0.1, 0.15) is 16.5 Å². The third-order valence-electron chi connectivity index (χ3n) is 5.43. The summed E-state index contributed by atoms with van der Waals surface area (Å²) >= 11 is 6.39. The van der Waals surface area contributed by atoms with E-state index in [-0.39, 0.29) is 30.6 Å². The predicted octanol–water partition coefficient (Wildman–Crippen LogP) is 5.53. The Hall–Kier alpha value is -2.02. The molecular formula is C23H29Cl3N5O2P. The van der Waals surface area contributed by atoms with Crippen molar-refractivity contribution in [3.63, 3.8) is 0 Å². The molecule has 0 bridgehead atoms. The first-order chi connectivity index (χ1) is 15.3. The molecule has 2 aromatic carbocycles. The van der Waals surface area contributed by atoms with Gasteiger partial charge >= 0.3 is 0 Å². The van der Waals surface area contributed by atoms with Crippen LogP contribution >= 0.6 is 44.3 Å². The largest absolute Gasteiger partial charge is 0.508 e. The number of rotatable bonds is 6. The number of likely N-dealkylation sites (N-methyl/N-ethyl adjacent to an activating group) is 1. The third-order valence-corrected chi connectivity index (χ3v) is 7.04. The average molecular weight is 545 g/mol. The molecule has 184 valence electrons. The summed E-state index contributed by atoms with van der Waals surface area (Å²) in [4.78, 5) is 11.3. The maximum absolute atomic E-state index is 9.87. The molecule has 11 heteroatoms. The van der Waals surface area contributed by atoms with E-state index >= 15 is 0 Å². The zero-order chi connectivity index (χ0) is 22.8. The number of benzene rings is 2. The Labute approximate surface area is 218 Å². The number of halogens is 3. The molecule has 0 saturated carbocycles. The molecule has 0 radical (unpaired) electrons. The third kappa shape index (κ3) is 6.35. The fourth-order valence-corrected chi connectivity index (χ4v) is 4.89. The van der Waals surface area contributed by atoms with Crippen molar-refractivity contribution in [3.8, 4) is 11.5 Å². The zero-order valence-electron chi connectivity index (χ0n) is 19.4. The number of anilines is 4. The molecule has 0 saturated heterocycles. The van der Waals surface area contributed by atoms with Crippen molar-refractivity contribution in [1.82, 2.24) is 14.9 Å². The van der Waals surface area contributed by atoms with Crippen LogP contribution in [0.5, 0.6) is 11.5 Å². The Kier molecular flexibility index (Phi) is 10.0. The van der Waals surface area contributed by atoms with Gasteiger partial charge in [0.15, 0.2) is 5.82 Å². The molecule has 0 amide bonds. The van der Waals surface area contributed by atoms with Gasteiger partial charge in [0.25, 0.3) is 0 Å². The second kappa shape index (κ2) is 12.1. The van der Waals surface area contributed by atoms with Crippen molar-refractivity contribution >= 4 is 72.8 Å². The first-order valence-electron chi connectivity index (χ1n) is 10.3. The van der Waals surface area contributed by atoms with Gasteiger partial charge in [0.05, 0.1) is 19.0 Å². The van der Waals surface area contributed by atoms with Crippen LogP contribution in [0.15, 0.2) is 36.5 Å². The van der Waals surface area contributed by atoms with E-state index in [1.54, 1.807) is 25.4 Å². The Morgan fingerprint density at radius 2 is 1.85 bits per heavy atom. The van der Waals surface area contributed by atoms with Crippen molar-refractivity contribution in [1.29, 1.82) is 0 Å². The molecule has 7 nitrogen and oxygen atoms in total. The smallest absolute Gasteiger partial charge is 0.229 e. The average Bonchev–Trinajstić information content (AvgIpc) is 2.76. The van der Waals surface area contributed by atoms with Crippen molar-refractivity contribution < 1.29 is 9.84 Å². The Balaban J connectivity index is 0.00000204. The van der Waals surface area contributed by atoms with Gasteiger partial charge in [0, 0.05) is 24.1 Å². The Bertz CT molecular complexity index is 1150. The van der Waals surface area contributed by atoms with E-state index in [2.05, 4.69) is 58.0 Å². The number of aromatic nitrogens is 2. The first-order valence-corrected chi connectivity index (χ1v) is 12.9. The van der Waals surface area contributed by atoms with Gasteiger partial charge in [0.2, 0.25) is 5.95 Å². The quantitative estimate of drug-likeness (QED) is 0.278. The van der Waals surface area contributed by atoms with E-state index in [4.69, 9.17) is 16.3 Å². The van der Waals surface area contributed by atoms with Crippen LogP contribution in [0.1, 0.15) is 11.1 Å². The van der Waals surface area contributed by atoms with Crippen molar-refractivity contribution in [2.45, 2.75) is 13.0 Å². The highest BCUT2D eigenvalue weighted by atomic mass is 35.5. The lowest BCUT2D eigenvalue weighted by atomic mass is 9.99. The lowest BCUT2D eigenvalue weighted by Gasteiger charge is -2.26. The van der Waals surface area contributed by atoms with Crippen LogP contribution in [0, 0.1) is 0 Å². The molecule has 1 aliphatic heterocycles. The van der Waals surface area contributed by atoms with Gasteiger partial charge in [-0.3, -0.25) is 0 Å². The number of fused-ring (bicyclic) bond motifs is 1. The second-order valence-electron chi connectivity index (χ2n) is 8.05. The molecule has 0 atom stereocenters. The number of phenolic OH excluding ortho intramolecular Hbond substituents is 1. The lowest BCUT2D eigenvalue weighted by Crippen LogP contribution is -2.26. The molecule has 0 fully saturated rings. The zero-order valence-corrected chi connectivity index (χ0v) is 22.7. The van der Waals surface area contributed by atoms with Gasteiger partial charge < -0.3 is 25.4 Å². The first kappa shape index (κ1) is 28.2. The van der Waals surface area contributed by atoms with Gasteiger partial charge in [-0.05, 0) is 68.3 Å². The molecule has 0 aliphatic carbocycles. The molecule has 0 spiro atoms. The molecule has 2 heterocycles. The van der Waals surface area contributed by atoms with Gasteiger partial charge in [-0.15, -0.1) is 24.8 Å². The predicted molar refractivity (Wildman–Crippen MR) is 148 cm³/mol. The summed E-state index contributed by atoms with van der Waals surface area (Å²) in [6, 6.07) is 9.45. The minimum Gasteiger partial charge on any atom is -0.508 e. The van der Waals surface area contributed by atoms with Crippen LogP contribution in [0.4, 0.5) is 23.1 Å². The van der Waals surface area contributed by atoms with Crippen LogP contribution in [0.25, 0.3) is 0 Å². The molecular weight excluding hydrogens is 516 g/mol. The fourth-order valence-electron chi connectivity index (χ4n) is 3.75. The monoisotopic (exact) mass is 543 g/mol. The highest BCUT2D eigenvalue weighted by Crippen LogP contribution is 2.35. The fraction of sp³-hybridized carbons (Fsp3) is 0.304. The second-order valence-corrected chi connectivity index (χ2v) is 10.7. The lowest BCUT2D eigenvalue weighted by molar-refractivity contribution is 0.312. The Morgan fingerprint density at radius 3 is 2.56 bits per heavy atom. The molecule has 4 rings (SSSR count). The normalized spacial score (nSPS) is 12.9. The van der Waals surface area contributed by atoms with Crippen LogP contribution in [0.3, 0.4) is 0 Å². The molecule has 1 aliphatic rings. The van der Waals surface area contributed by atoms with Crippen molar-refractivity contribution in [3.05, 3.63) is 52.7 Å². The summed E-state index contributed by atoms with van der Waals surface area (Å²) in [5.41, 5.74) is 4.24. The number of ether oxygens (including phenoxy) is 1. The molecule has 3 N–H and O–H groups in total. The van der Waals surface area contributed by atoms with Crippen molar-refractivity contribution in [2.24, 2.45) is 0 Å². The number of methoxy groups -OCH3 is 1. The maximum Gasteiger partial charge on any atom is 0.229 e. The van der Waals surface area contributed by atoms with Crippen LogP contribution < -0.4 is 20.7 Å².